The fourth-order valence-electron chi connectivity index (χ4n) is 3.16. The maximum absolute atomic E-state index is 12.6. The number of carbonyl (C=O) groups is 1. The van der Waals surface area contributed by atoms with E-state index in [0.29, 0.717) is 12.4 Å². The molecule has 0 radical (unpaired) electrons. The van der Waals surface area contributed by atoms with Crippen LogP contribution in [0, 0.1) is 0 Å². The van der Waals surface area contributed by atoms with Crippen LogP contribution in [0.3, 0.4) is 0 Å². The minimum Gasteiger partial charge on any atom is -0.497 e. The van der Waals surface area contributed by atoms with Gasteiger partial charge in [-0.2, -0.15) is 0 Å². The lowest BCUT2D eigenvalue weighted by Gasteiger charge is -2.19. The van der Waals surface area contributed by atoms with Crippen LogP contribution < -0.4 is 0 Å². The van der Waals surface area contributed by atoms with Crippen molar-refractivity contribution in [2.75, 3.05) is 19.8 Å². The SMILES string of the molecule is CCCCO/C1=C\c2ncncc2C(/C2=C\CCOCCC2)=C\C(=O)C1. The van der Waals surface area contributed by atoms with Gasteiger partial charge in [0.05, 0.1) is 25.3 Å². The Hall–Kier alpha value is -2.27. The molecule has 1 aliphatic heterocycles. The van der Waals surface area contributed by atoms with Crippen molar-refractivity contribution in [3.05, 3.63) is 47.3 Å². The molecule has 3 rings (SSSR count). The highest BCUT2D eigenvalue weighted by molar-refractivity contribution is 6.03. The zero-order valence-electron chi connectivity index (χ0n) is 15.4. The van der Waals surface area contributed by atoms with Crippen LogP contribution in [0.2, 0.25) is 0 Å². The largest absolute Gasteiger partial charge is 0.497 e. The molecule has 0 unspecified atom stereocenters. The second-order valence-electron chi connectivity index (χ2n) is 6.57. The molecule has 1 aromatic rings. The molecule has 0 aromatic carbocycles. The third-order valence-corrected chi connectivity index (χ3v) is 4.50. The van der Waals surface area contributed by atoms with E-state index in [1.807, 2.05) is 6.08 Å². The van der Waals surface area contributed by atoms with Gasteiger partial charge in [-0.1, -0.05) is 19.4 Å². The minimum absolute atomic E-state index is 0.0523. The van der Waals surface area contributed by atoms with Gasteiger partial charge in [0.2, 0.25) is 0 Å². The Morgan fingerprint density at radius 2 is 2.19 bits per heavy atom. The van der Waals surface area contributed by atoms with Gasteiger partial charge in [-0.3, -0.25) is 4.79 Å². The molecule has 0 bridgehead atoms. The van der Waals surface area contributed by atoms with Crippen molar-refractivity contribution in [1.29, 1.82) is 0 Å². The maximum Gasteiger partial charge on any atom is 0.163 e. The van der Waals surface area contributed by atoms with Crippen LogP contribution in [0.1, 0.15) is 56.7 Å². The highest BCUT2D eigenvalue weighted by Gasteiger charge is 2.19. The molecule has 0 saturated heterocycles. The molecule has 2 aliphatic rings. The van der Waals surface area contributed by atoms with Gasteiger partial charge in [0.25, 0.3) is 0 Å². The van der Waals surface area contributed by atoms with Crippen molar-refractivity contribution in [1.82, 2.24) is 9.97 Å². The van der Waals surface area contributed by atoms with Crippen LogP contribution in [0.5, 0.6) is 0 Å². The van der Waals surface area contributed by atoms with Gasteiger partial charge in [0.15, 0.2) is 5.78 Å². The predicted molar refractivity (Wildman–Crippen MR) is 101 cm³/mol. The summed E-state index contributed by atoms with van der Waals surface area (Å²) < 4.78 is 11.3. The lowest BCUT2D eigenvalue weighted by atomic mass is 9.90. The number of hydrogen-bond donors (Lipinski definition) is 0. The van der Waals surface area contributed by atoms with Crippen molar-refractivity contribution >= 4 is 17.4 Å². The van der Waals surface area contributed by atoms with Gasteiger partial charge >= 0.3 is 0 Å². The first kappa shape index (κ1) is 18.5. The van der Waals surface area contributed by atoms with E-state index in [1.54, 1.807) is 18.6 Å². The first-order valence-electron chi connectivity index (χ1n) is 9.43. The number of carbonyl (C=O) groups excluding carboxylic acids is 1. The van der Waals surface area contributed by atoms with E-state index in [9.17, 15) is 4.79 Å². The molecule has 0 N–H and O–H groups in total. The molecule has 26 heavy (non-hydrogen) atoms. The Morgan fingerprint density at radius 1 is 1.27 bits per heavy atom. The smallest absolute Gasteiger partial charge is 0.163 e. The highest BCUT2D eigenvalue weighted by Crippen LogP contribution is 2.32. The van der Waals surface area contributed by atoms with E-state index < -0.39 is 0 Å². The lowest BCUT2D eigenvalue weighted by Crippen LogP contribution is -2.09. The van der Waals surface area contributed by atoms with Gasteiger partial charge in [0.1, 0.15) is 12.1 Å². The summed E-state index contributed by atoms with van der Waals surface area (Å²) >= 11 is 0. The van der Waals surface area contributed by atoms with Crippen LogP contribution in [0.15, 0.2) is 36.0 Å². The topological polar surface area (TPSA) is 61.3 Å². The number of nitrogens with zero attached hydrogens (tertiary/aromatic N) is 2. The van der Waals surface area contributed by atoms with Gasteiger partial charge in [-0.15, -0.1) is 0 Å². The first-order valence-corrected chi connectivity index (χ1v) is 9.43. The molecule has 138 valence electrons. The third kappa shape index (κ3) is 4.88. The second-order valence-corrected chi connectivity index (χ2v) is 6.57. The summed E-state index contributed by atoms with van der Waals surface area (Å²) in [4.78, 5) is 21.2. The molecule has 1 aromatic heterocycles. The number of fused-ring (bicyclic) bond motifs is 1. The van der Waals surface area contributed by atoms with Gasteiger partial charge in [-0.25, -0.2) is 9.97 Å². The molecular weight excluding hydrogens is 328 g/mol. The number of allylic oxidation sites excluding steroid dienone is 4. The summed E-state index contributed by atoms with van der Waals surface area (Å²) in [5.74, 6) is 0.732. The molecule has 5 heteroatoms. The molecule has 0 saturated carbocycles. The van der Waals surface area contributed by atoms with Gasteiger partial charge in [-0.05, 0) is 42.9 Å². The monoisotopic (exact) mass is 354 g/mol. The van der Waals surface area contributed by atoms with E-state index in [1.165, 1.54) is 5.57 Å². The number of rotatable bonds is 5. The van der Waals surface area contributed by atoms with Gasteiger partial charge in [0, 0.05) is 24.4 Å². The standard InChI is InChI=1S/C21H26N2O3/c1-2-3-10-26-18-11-17(24)12-19(16-6-4-8-25-9-5-7-16)20-14-22-15-23-21(20)13-18/h6,12-15H,2-5,7-11H2,1H3/b16-6-,18-13-,19-12-. The third-order valence-electron chi connectivity index (χ3n) is 4.50. The second kappa shape index (κ2) is 9.43. The predicted octanol–water partition coefficient (Wildman–Crippen LogP) is 4.12. The van der Waals surface area contributed by atoms with Crippen LogP contribution in [-0.2, 0) is 14.3 Å². The van der Waals surface area contributed by atoms with Crippen LogP contribution in [-0.4, -0.2) is 35.6 Å². The normalized spacial score (nSPS) is 24.3. The maximum atomic E-state index is 12.6. The summed E-state index contributed by atoms with van der Waals surface area (Å²) in [6, 6.07) is 0. The Kier molecular flexibility index (Phi) is 6.72. The number of ketones is 1. The van der Waals surface area contributed by atoms with E-state index in [4.69, 9.17) is 9.47 Å². The van der Waals surface area contributed by atoms with E-state index >= 15 is 0 Å². The Labute approximate surface area is 154 Å². The Balaban J connectivity index is 1.96. The lowest BCUT2D eigenvalue weighted by molar-refractivity contribution is -0.114. The van der Waals surface area contributed by atoms with Crippen LogP contribution in [0.4, 0.5) is 0 Å². The van der Waals surface area contributed by atoms with E-state index in [2.05, 4.69) is 23.0 Å². The fourth-order valence-corrected chi connectivity index (χ4v) is 3.16. The van der Waals surface area contributed by atoms with Crippen molar-refractivity contribution in [3.63, 3.8) is 0 Å². The quantitative estimate of drug-likeness (QED) is 0.745. The Bertz CT molecular complexity index is 735. The molecule has 0 atom stereocenters. The minimum atomic E-state index is 0.0523. The van der Waals surface area contributed by atoms with Crippen molar-refractivity contribution in [2.24, 2.45) is 0 Å². The average Bonchev–Trinajstić information content (AvgIpc) is 2.59. The summed E-state index contributed by atoms with van der Waals surface area (Å²) in [6.45, 7) is 4.22. The van der Waals surface area contributed by atoms with Crippen molar-refractivity contribution < 1.29 is 14.3 Å². The average molecular weight is 354 g/mol. The summed E-state index contributed by atoms with van der Waals surface area (Å²) in [5, 5.41) is 0. The fraction of sp³-hybridized carbons (Fsp3) is 0.476. The molecular formula is C21H26N2O3. The van der Waals surface area contributed by atoms with E-state index in [-0.39, 0.29) is 12.2 Å². The zero-order valence-corrected chi connectivity index (χ0v) is 15.4. The number of hydrogen-bond acceptors (Lipinski definition) is 5. The Morgan fingerprint density at radius 3 is 3.08 bits per heavy atom. The zero-order chi connectivity index (χ0) is 18.2. The van der Waals surface area contributed by atoms with Crippen molar-refractivity contribution in [2.45, 2.75) is 45.4 Å². The molecule has 5 nitrogen and oxygen atoms in total. The molecule has 0 amide bonds. The van der Waals surface area contributed by atoms with E-state index in [0.717, 1.165) is 62.1 Å². The van der Waals surface area contributed by atoms with Gasteiger partial charge < -0.3 is 9.47 Å². The van der Waals surface area contributed by atoms with Crippen LogP contribution in [0.25, 0.3) is 11.6 Å². The molecule has 2 heterocycles. The summed E-state index contributed by atoms with van der Waals surface area (Å²) in [6.07, 6.45) is 14.1. The first-order chi connectivity index (χ1) is 12.8. The molecule has 0 fully saturated rings. The van der Waals surface area contributed by atoms with Crippen molar-refractivity contribution in [3.8, 4) is 0 Å². The summed E-state index contributed by atoms with van der Waals surface area (Å²) in [7, 11) is 0. The summed E-state index contributed by atoms with van der Waals surface area (Å²) in [5.41, 5.74) is 3.83. The number of aromatic nitrogens is 2. The number of ether oxygens (including phenoxy) is 2. The molecule has 1 aliphatic carbocycles. The van der Waals surface area contributed by atoms with Crippen LogP contribution >= 0.6 is 0 Å². The molecule has 0 spiro atoms. The number of unbranched alkanes of at least 4 members (excludes halogenated alkanes) is 1. The highest BCUT2D eigenvalue weighted by atomic mass is 16.5.